The third-order valence-electron chi connectivity index (χ3n) is 4.00. The van der Waals surface area contributed by atoms with Crippen molar-refractivity contribution in [3.05, 3.63) is 64.5 Å². The summed E-state index contributed by atoms with van der Waals surface area (Å²) in [6.45, 7) is 14.3. The number of nitrogens with zero attached hydrogens (tertiary/aromatic N) is 4. The van der Waals surface area contributed by atoms with Gasteiger partial charge in [0.15, 0.2) is 11.6 Å². The molecule has 0 aliphatic rings. The molecule has 2 amide bonds. The number of phenolic OH excluding ortho intramolecular Hbond substituents is 1. The van der Waals surface area contributed by atoms with E-state index in [0.717, 1.165) is 12.1 Å². The van der Waals surface area contributed by atoms with E-state index in [4.69, 9.17) is 18.9 Å². The predicted molar refractivity (Wildman–Crippen MR) is 109 cm³/mol. The summed E-state index contributed by atoms with van der Waals surface area (Å²) in [5, 5.41) is 12.5. The highest BCUT2D eigenvalue weighted by Gasteiger charge is 2.24. The summed E-state index contributed by atoms with van der Waals surface area (Å²) in [5.74, 6) is -3.03. The largest absolute Gasteiger partial charge is 0.507 e. The number of carbonyl (C=O) groups is 2. The van der Waals surface area contributed by atoms with Gasteiger partial charge in [-0.15, -0.1) is 0 Å². The van der Waals surface area contributed by atoms with E-state index in [1.807, 2.05) is 0 Å². The van der Waals surface area contributed by atoms with Crippen LogP contribution in [0, 0.1) is 19.0 Å². The molecule has 2 aromatic rings. The number of nitrogens with one attached hydrogen (secondary N) is 1. The van der Waals surface area contributed by atoms with Crippen molar-refractivity contribution in [3.63, 3.8) is 0 Å². The van der Waals surface area contributed by atoms with Crippen molar-refractivity contribution in [1.82, 2.24) is 10.2 Å². The summed E-state index contributed by atoms with van der Waals surface area (Å²) in [6.07, 6.45) is 0. The van der Waals surface area contributed by atoms with Gasteiger partial charge in [-0.25, -0.2) is 19.1 Å². The molecular formula is C20H17FN6O3. The molecule has 0 heterocycles. The van der Waals surface area contributed by atoms with E-state index in [1.165, 1.54) is 37.2 Å². The number of carbonyl (C=O) groups excluding carboxylic acids is 2. The number of aromatic hydroxyl groups is 1. The number of para-hydroxylation sites is 1. The molecule has 0 aliphatic heterocycles. The van der Waals surface area contributed by atoms with Gasteiger partial charge in [0.2, 0.25) is 11.6 Å². The van der Waals surface area contributed by atoms with E-state index in [-0.39, 0.29) is 34.8 Å². The fourth-order valence-corrected chi connectivity index (χ4v) is 2.52. The lowest BCUT2D eigenvalue weighted by atomic mass is 9.94. The summed E-state index contributed by atoms with van der Waals surface area (Å²) >= 11 is 0. The van der Waals surface area contributed by atoms with Gasteiger partial charge >= 0.3 is 0 Å². The number of benzene rings is 2. The summed E-state index contributed by atoms with van der Waals surface area (Å²) < 4.78 is 14.1. The third-order valence-corrected chi connectivity index (χ3v) is 4.00. The van der Waals surface area contributed by atoms with Gasteiger partial charge in [-0.3, -0.25) is 14.9 Å². The van der Waals surface area contributed by atoms with Crippen LogP contribution >= 0.6 is 0 Å². The highest BCUT2D eigenvalue weighted by Crippen LogP contribution is 2.43. The zero-order chi connectivity index (χ0) is 22.4. The Labute approximate surface area is 171 Å². The van der Waals surface area contributed by atoms with Gasteiger partial charge in [-0.1, -0.05) is 18.2 Å². The molecule has 0 aromatic heterocycles. The molecule has 4 N–H and O–H groups in total. The molecular weight excluding hydrogens is 391 g/mol. The summed E-state index contributed by atoms with van der Waals surface area (Å²) in [5.41, 5.74) is 4.64. The Balaban J connectivity index is 2.57. The first-order valence-corrected chi connectivity index (χ1v) is 8.42. The normalized spacial score (nSPS) is 10.6. The second-order valence-electron chi connectivity index (χ2n) is 6.16. The summed E-state index contributed by atoms with van der Waals surface area (Å²) in [4.78, 5) is 35.9. The van der Waals surface area contributed by atoms with Gasteiger partial charge in [0, 0.05) is 14.1 Å². The lowest BCUT2D eigenvalue weighted by Crippen LogP contribution is -2.38. The number of rotatable bonds is 4. The van der Waals surface area contributed by atoms with Crippen LogP contribution in [0.5, 0.6) is 5.75 Å². The zero-order valence-electron chi connectivity index (χ0n) is 16.1. The van der Waals surface area contributed by atoms with E-state index < -0.39 is 29.1 Å². The van der Waals surface area contributed by atoms with Gasteiger partial charge in [0.1, 0.15) is 18.1 Å². The van der Waals surface area contributed by atoms with Crippen LogP contribution in [-0.2, 0) is 4.79 Å². The smallest absolute Gasteiger partial charge is 0.260 e. The van der Waals surface area contributed by atoms with E-state index in [9.17, 15) is 19.1 Å². The molecule has 0 fully saturated rings. The second kappa shape index (κ2) is 9.17. The molecule has 152 valence electrons. The van der Waals surface area contributed by atoms with Crippen molar-refractivity contribution < 1.29 is 19.1 Å². The molecule has 0 aliphatic carbocycles. The SMILES string of the molecule is [C-]#[N+]c1ccc(O)c(C(=O)NC(N)=NCC(=O)N(C)C)c1-c1cccc(F)c1[N+]#[C-]. The Morgan fingerprint density at radius 3 is 2.53 bits per heavy atom. The standard InChI is InChI=1S/C20H17FN6O3/c1-23-13-8-9-14(28)17(16(13)11-6-5-7-12(21)18(11)24-2)19(30)26-20(22)25-10-15(29)27(3)4/h5-9,28H,10H2,3-4H3,(H3,22,25,26,30). The van der Waals surface area contributed by atoms with Crippen molar-refractivity contribution in [3.8, 4) is 16.9 Å². The molecule has 9 nitrogen and oxygen atoms in total. The van der Waals surface area contributed by atoms with Crippen LogP contribution < -0.4 is 11.1 Å². The minimum Gasteiger partial charge on any atom is -0.507 e. The third kappa shape index (κ3) is 4.51. The van der Waals surface area contributed by atoms with Gasteiger partial charge in [-0.2, -0.15) is 0 Å². The first-order valence-electron chi connectivity index (χ1n) is 8.42. The van der Waals surface area contributed by atoms with E-state index in [1.54, 1.807) is 0 Å². The number of guanidine groups is 1. The van der Waals surface area contributed by atoms with Crippen LogP contribution in [0.25, 0.3) is 20.8 Å². The number of aliphatic imine (C=N–C) groups is 1. The van der Waals surface area contributed by atoms with Crippen molar-refractivity contribution in [2.75, 3.05) is 20.6 Å². The van der Waals surface area contributed by atoms with Crippen LogP contribution in [0.2, 0.25) is 0 Å². The first-order chi connectivity index (χ1) is 14.2. The molecule has 0 atom stereocenters. The minimum absolute atomic E-state index is 0.0321. The maximum Gasteiger partial charge on any atom is 0.260 e. The monoisotopic (exact) mass is 408 g/mol. The minimum atomic E-state index is -0.938. The Hall–Kier alpha value is -4.44. The molecule has 0 bridgehead atoms. The fraction of sp³-hybridized carbons (Fsp3) is 0.150. The van der Waals surface area contributed by atoms with Crippen LogP contribution in [0.4, 0.5) is 15.8 Å². The number of hydrogen-bond acceptors (Lipinski definition) is 4. The predicted octanol–water partition coefficient (Wildman–Crippen LogP) is 2.43. The van der Waals surface area contributed by atoms with Crippen molar-refractivity contribution in [2.24, 2.45) is 10.7 Å². The number of phenols is 1. The van der Waals surface area contributed by atoms with Crippen molar-refractivity contribution in [2.45, 2.75) is 0 Å². The molecule has 0 saturated carbocycles. The van der Waals surface area contributed by atoms with Crippen LogP contribution in [0.1, 0.15) is 10.4 Å². The van der Waals surface area contributed by atoms with Gasteiger partial charge in [-0.05, 0) is 23.3 Å². The van der Waals surface area contributed by atoms with Crippen molar-refractivity contribution in [1.29, 1.82) is 0 Å². The fourth-order valence-electron chi connectivity index (χ4n) is 2.52. The van der Waals surface area contributed by atoms with Crippen LogP contribution in [0.15, 0.2) is 35.3 Å². The van der Waals surface area contributed by atoms with E-state index >= 15 is 0 Å². The zero-order valence-corrected chi connectivity index (χ0v) is 16.1. The average Bonchev–Trinajstić information content (AvgIpc) is 2.71. The summed E-state index contributed by atoms with van der Waals surface area (Å²) in [7, 11) is 3.06. The molecule has 0 radical (unpaired) electrons. The molecule has 0 unspecified atom stereocenters. The Morgan fingerprint density at radius 2 is 1.93 bits per heavy atom. The maximum atomic E-state index is 14.1. The molecule has 10 heteroatoms. The van der Waals surface area contributed by atoms with Gasteiger partial charge < -0.3 is 15.7 Å². The summed E-state index contributed by atoms with van der Waals surface area (Å²) in [6, 6.07) is 6.14. The number of nitrogens with two attached hydrogens (primary N) is 1. The second-order valence-corrected chi connectivity index (χ2v) is 6.16. The van der Waals surface area contributed by atoms with E-state index in [0.29, 0.717) is 0 Å². The molecule has 2 rings (SSSR count). The Bertz CT molecular complexity index is 1130. The molecule has 0 spiro atoms. The van der Waals surface area contributed by atoms with E-state index in [2.05, 4.69) is 20.0 Å². The number of amides is 2. The first kappa shape index (κ1) is 21.9. The quantitative estimate of drug-likeness (QED) is 0.409. The van der Waals surface area contributed by atoms with Crippen molar-refractivity contribution >= 4 is 29.1 Å². The number of likely N-dealkylation sites (N-methyl/N-ethyl adjacent to an activating group) is 1. The Kier molecular flexibility index (Phi) is 6.68. The number of hydrogen-bond donors (Lipinski definition) is 3. The molecule has 2 aromatic carbocycles. The van der Waals surface area contributed by atoms with Gasteiger partial charge in [0.05, 0.1) is 18.7 Å². The van der Waals surface area contributed by atoms with Crippen LogP contribution in [0.3, 0.4) is 0 Å². The van der Waals surface area contributed by atoms with Crippen LogP contribution in [-0.4, -0.2) is 48.4 Å². The lowest BCUT2D eigenvalue weighted by Gasteiger charge is -2.15. The molecule has 30 heavy (non-hydrogen) atoms. The van der Waals surface area contributed by atoms with Gasteiger partial charge in [0.25, 0.3) is 5.91 Å². The lowest BCUT2D eigenvalue weighted by molar-refractivity contribution is -0.127. The topological polar surface area (TPSA) is 117 Å². The highest BCUT2D eigenvalue weighted by molar-refractivity contribution is 6.13. The average molecular weight is 408 g/mol. The maximum absolute atomic E-state index is 14.1. The molecule has 0 saturated heterocycles. The Morgan fingerprint density at radius 1 is 1.23 bits per heavy atom. The highest BCUT2D eigenvalue weighted by atomic mass is 19.1. The number of halogens is 1.